The Kier molecular flexibility index (Phi) is 5.93. The Morgan fingerprint density at radius 3 is 2.60 bits per heavy atom. The molecular weight excluding hydrogens is 468 g/mol. The second-order valence-corrected chi connectivity index (χ2v) is 9.52. The molecule has 1 amide bonds. The Morgan fingerprint density at radius 1 is 1.20 bits per heavy atom. The van der Waals surface area contributed by atoms with Crippen LogP contribution < -0.4 is 0 Å². The van der Waals surface area contributed by atoms with E-state index in [2.05, 4.69) is 10.3 Å². The molecule has 0 N–H and O–H groups in total. The summed E-state index contributed by atoms with van der Waals surface area (Å²) in [5.41, 5.74) is 3.52. The Bertz CT molecular complexity index is 1400. The van der Waals surface area contributed by atoms with Crippen molar-refractivity contribution in [2.45, 2.75) is 32.6 Å². The van der Waals surface area contributed by atoms with Crippen LogP contribution in [0.4, 0.5) is 5.69 Å². The average Bonchev–Trinajstić information content (AvgIpc) is 3.56. The van der Waals surface area contributed by atoms with E-state index in [1.807, 2.05) is 42.6 Å². The molecule has 1 fully saturated rings. The smallest absolute Gasteiger partial charge is 0.322 e. The summed E-state index contributed by atoms with van der Waals surface area (Å²) in [5.74, 6) is 0.571. The number of thiazole rings is 1. The lowest BCUT2D eigenvalue weighted by atomic mass is 9.97. The number of hydrogen-bond acceptors (Lipinski definition) is 8. The summed E-state index contributed by atoms with van der Waals surface area (Å²) in [6, 6.07) is 9.88. The first-order chi connectivity index (χ1) is 16.8. The third-order valence-corrected chi connectivity index (χ3v) is 7.40. The molecule has 0 atom stereocenters. The molecule has 11 heteroatoms. The van der Waals surface area contributed by atoms with Gasteiger partial charge >= 0.3 is 5.69 Å². The van der Waals surface area contributed by atoms with Gasteiger partial charge in [-0.2, -0.15) is 5.10 Å². The summed E-state index contributed by atoms with van der Waals surface area (Å²) < 4.78 is 6.80. The third-order valence-electron chi connectivity index (χ3n) is 6.40. The summed E-state index contributed by atoms with van der Waals surface area (Å²) in [7, 11) is 1.56. The zero-order valence-corrected chi connectivity index (χ0v) is 20.4. The van der Waals surface area contributed by atoms with Gasteiger partial charge in [0.05, 0.1) is 21.2 Å². The van der Waals surface area contributed by atoms with Crippen molar-refractivity contribution in [2.75, 3.05) is 13.1 Å². The molecule has 10 nitrogen and oxygen atoms in total. The van der Waals surface area contributed by atoms with E-state index in [9.17, 15) is 14.9 Å². The first kappa shape index (κ1) is 22.9. The van der Waals surface area contributed by atoms with Crippen LogP contribution in [-0.4, -0.2) is 48.7 Å². The van der Waals surface area contributed by atoms with Crippen LogP contribution in [0.1, 0.15) is 45.7 Å². The van der Waals surface area contributed by atoms with Crippen LogP contribution in [0.5, 0.6) is 0 Å². The third kappa shape index (κ3) is 4.12. The minimum Gasteiger partial charge on any atom is -0.360 e. The van der Waals surface area contributed by atoms with Crippen LogP contribution in [0.15, 0.2) is 40.2 Å². The molecule has 0 spiro atoms. The number of carbonyl (C=O) groups excluding carboxylic acids is 1. The van der Waals surface area contributed by atoms with Crippen LogP contribution in [0.2, 0.25) is 0 Å². The molecule has 0 radical (unpaired) electrons. The quantitative estimate of drug-likeness (QED) is 0.291. The predicted octanol–water partition coefficient (Wildman–Crippen LogP) is 4.74. The Morgan fingerprint density at radius 2 is 1.91 bits per heavy atom. The van der Waals surface area contributed by atoms with E-state index < -0.39 is 4.92 Å². The van der Waals surface area contributed by atoms with E-state index in [1.54, 1.807) is 30.2 Å². The highest BCUT2D eigenvalue weighted by Crippen LogP contribution is 2.38. The molecule has 4 aromatic rings. The van der Waals surface area contributed by atoms with Crippen LogP contribution in [0.25, 0.3) is 22.5 Å². The lowest BCUT2D eigenvalue weighted by molar-refractivity contribution is -0.385. The maximum absolute atomic E-state index is 13.1. The van der Waals surface area contributed by atoms with Gasteiger partial charge in [0.15, 0.2) is 0 Å². The van der Waals surface area contributed by atoms with Gasteiger partial charge in [0, 0.05) is 37.0 Å². The predicted molar refractivity (Wildman–Crippen MR) is 130 cm³/mol. The van der Waals surface area contributed by atoms with Crippen LogP contribution >= 0.6 is 11.3 Å². The fraction of sp³-hybridized carbons (Fsp3) is 0.333. The van der Waals surface area contributed by atoms with Gasteiger partial charge in [0.1, 0.15) is 17.1 Å². The Labute approximate surface area is 205 Å². The number of nitrogens with zero attached hydrogens (tertiary/aromatic N) is 6. The summed E-state index contributed by atoms with van der Waals surface area (Å²) in [5, 5.41) is 22.9. The van der Waals surface area contributed by atoms with Gasteiger partial charge in [-0.25, -0.2) is 4.98 Å². The van der Waals surface area contributed by atoms with Gasteiger partial charge < -0.3 is 9.42 Å². The van der Waals surface area contributed by atoms with Crippen molar-refractivity contribution in [3.8, 4) is 22.5 Å². The topological polar surface area (TPSA) is 120 Å². The number of benzene rings is 1. The largest absolute Gasteiger partial charge is 0.360 e. The van der Waals surface area contributed by atoms with E-state index in [0.717, 1.165) is 40.4 Å². The number of likely N-dealkylation sites (tertiary alicyclic amines) is 1. The molecule has 180 valence electrons. The lowest BCUT2D eigenvalue weighted by Gasteiger charge is -2.30. The zero-order valence-electron chi connectivity index (χ0n) is 19.6. The maximum Gasteiger partial charge on any atom is 0.322 e. The number of piperidine rings is 1. The van der Waals surface area contributed by atoms with Crippen molar-refractivity contribution in [3.63, 3.8) is 0 Å². The Hall–Kier alpha value is -3.86. The molecule has 5 rings (SSSR count). The number of rotatable bonds is 5. The van der Waals surface area contributed by atoms with Gasteiger partial charge in [0.25, 0.3) is 5.91 Å². The molecule has 0 saturated carbocycles. The first-order valence-corrected chi connectivity index (χ1v) is 12.2. The molecule has 0 unspecified atom stereocenters. The van der Waals surface area contributed by atoms with Crippen molar-refractivity contribution in [2.24, 2.45) is 7.05 Å². The van der Waals surface area contributed by atoms with Crippen molar-refractivity contribution >= 4 is 22.9 Å². The Balaban J connectivity index is 1.32. The highest BCUT2D eigenvalue weighted by molar-refractivity contribution is 7.10. The number of nitro groups is 1. The molecule has 1 aliphatic heterocycles. The van der Waals surface area contributed by atoms with Gasteiger partial charge in [-0.15, -0.1) is 11.3 Å². The van der Waals surface area contributed by atoms with Gasteiger partial charge in [0.2, 0.25) is 5.69 Å². The highest BCUT2D eigenvalue weighted by atomic mass is 32.1. The molecule has 0 aliphatic carbocycles. The second kappa shape index (κ2) is 9.06. The molecule has 3 aromatic heterocycles. The molecule has 1 saturated heterocycles. The van der Waals surface area contributed by atoms with Gasteiger partial charge in [-0.3, -0.25) is 19.6 Å². The molecule has 35 heavy (non-hydrogen) atoms. The molecular formula is C24H24N6O4S. The summed E-state index contributed by atoms with van der Waals surface area (Å²) >= 11 is 1.60. The van der Waals surface area contributed by atoms with Crippen molar-refractivity contribution in [3.05, 3.63) is 68.0 Å². The summed E-state index contributed by atoms with van der Waals surface area (Å²) in [4.78, 5) is 30.6. The van der Waals surface area contributed by atoms with E-state index in [0.29, 0.717) is 18.8 Å². The van der Waals surface area contributed by atoms with Crippen LogP contribution in [-0.2, 0) is 7.05 Å². The highest BCUT2D eigenvalue weighted by Gasteiger charge is 2.34. The SMILES string of the molecule is Cc1nn(C)c(C(=O)N2CCC(c3nc(-c4c(-c5ccccc5)noc4C)cs3)CC2)c1[N+](=O)[O-]. The standard InChI is InChI=1S/C24H24N6O4S/c1-14-21(30(32)33)22(28(3)26-14)24(31)29-11-9-17(10-12-29)23-25-18(13-35-23)19-15(2)34-27-20(19)16-7-5-4-6-8-16/h4-8,13,17H,9-12H2,1-3H3. The zero-order chi connectivity index (χ0) is 24.7. The number of carbonyl (C=O) groups is 1. The minimum absolute atomic E-state index is 0.0267. The van der Waals surface area contributed by atoms with Crippen molar-refractivity contribution in [1.29, 1.82) is 0 Å². The van der Waals surface area contributed by atoms with Crippen LogP contribution in [0, 0.1) is 24.0 Å². The first-order valence-electron chi connectivity index (χ1n) is 11.3. The molecule has 1 aliphatic rings. The number of aromatic nitrogens is 4. The van der Waals surface area contributed by atoms with E-state index in [1.165, 1.54) is 4.68 Å². The monoisotopic (exact) mass is 492 g/mol. The summed E-state index contributed by atoms with van der Waals surface area (Å²) in [6.07, 6.45) is 1.47. The van der Waals surface area contributed by atoms with Crippen molar-refractivity contribution in [1.82, 2.24) is 24.8 Å². The lowest BCUT2D eigenvalue weighted by Crippen LogP contribution is -2.39. The fourth-order valence-electron chi connectivity index (χ4n) is 4.64. The van der Waals surface area contributed by atoms with E-state index in [4.69, 9.17) is 9.51 Å². The molecule has 4 heterocycles. The fourth-order valence-corrected chi connectivity index (χ4v) is 5.62. The number of amides is 1. The van der Waals surface area contributed by atoms with E-state index in [-0.39, 0.29) is 28.9 Å². The molecule has 0 bridgehead atoms. The second-order valence-electron chi connectivity index (χ2n) is 8.63. The average molecular weight is 493 g/mol. The van der Waals surface area contributed by atoms with Gasteiger partial charge in [-0.05, 0) is 26.7 Å². The summed E-state index contributed by atoms with van der Waals surface area (Å²) in [6.45, 7) is 4.43. The maximum atomic E-state index is 13.1. The molecule has 1 aromatic carbocycles. The van der Waals surface area contributed by atoms with Crippen LogP contribution in [0.3, 0.4) is 0 Å². The number of hydrogen-bond donors (Lipinski definition) is 0. The van der Waals surface area contributed by atoms with Gasteiger partial charge in [-0.1, -0.05) is 35.5 Å². The number of aryl methyl sites for hydroxylation is 3. The minimum atomic E-state index is -0.532. The van der Waals surface area contributed by atoms with E-state index >= 15 is 0 Å². The van der Waals surface area contributed by atoms with Crippen molar-refractivity contribution < 1.29 is 14.2 Å². The normalized spacial score (nSPS) is 14.4.